The zero-order chi connectivity index (χ0) is 14.8. The van der Waals surface area contributed by atoms with E-state index in [0.717, 1.165) is 23.7 Å². The van der Waals surface area contributed by atoms with E-state index < -0.39 is 0 Å². The average molecular weight is 341 g/mol. The molecule has 0 saturated heterocycles. The topological polar surface area (TPSA) is 75.3 Å². The molecule has 1 aliphatic rings. The Bertz CT molecular complexity index is 507. The second-order valence-electron chi connectivity index (χ2n) is 5.62. The van der Waals surface area contributed by atoms with Gasteiger partial charge in [0.25, 0.3) is 5.91 Å². The van der Waals surface area contributed by atoms with Crippen LogP contribution in [0.5, 0.6) is 5.75 Å². The molecule has 4 nitrogen and oxygen atoms in total. The number of hydrogen-bond donors (Lipinski definition) is 3. The molecule has 0 aliphatic heterocycles. The molecule has 2 unspecified atom stereocenters. The smallest absolute Gasteiger partial charge is 0.255 e. The molecule has 0 heterocycles. The molecule has 5 heteroatoms. The number of amides is 1. The van der Waals surface area contributed by atoms with Gasteiger partial charge in [-0.05, 0) is 37.0 Å². The fourth-order valence-electron chi connectivity index (χ4n) is 2.94. The highest BCUT2D eigenvalue weighted by Gasteiger charge is 2.38. The first-order valence-electron chi connectivity index (χ1n) is 6.99. The van der Waals surface area contributed by atoms with Crippen LogP contribution in [0.1, 0.15) is 43.0 Å². The lowest BCUT2D eigenvalue weighted by molar-refractivity contribution is 0.0810. The van der Waals surface area contributed by atoms with E-state index in [9.17, 15) is 9.90 Å². The quantitative estimate of drug-likeness (QED) is 0.791. The van der Waals surface area contributed by atoms with Crippen molar-refractivity contribution in [2.45, 2.75) is 38.1 Å². The van der Waals surface area contributed by atoms with Gasteiger partial charge in [-0.15, -0.1) is 0 Å². The van der Waals surface area contributed by atoms with Gasteiger partial charge in [0.2, 0.25) is 0 Å². The van der Waals surface area contributed by atoms with Crippen LogP contribution in [-0.2, 0) is 0 Å². The van der Waals surface area contributed by atoms with E-state index in [4.69, 9.17) is 5.73 Å². The third-order valence-electron chi connectivity index (χ3n) is 4.38. The van der Waals surface area contributed by atoms with Crippen molar-refractivity contribution in [3.05, 3.63) is 28.2 Å². The minimum Gasteiger partial charge on any atom is -0.507 e. The van der Waals surface area contributed by atoms with Crippen molar-refractivity contribution < 1.29 is 9.90 Å². The lowest BCUT2D eigenvalue weighted by Gasteiger charge is -2.42. The van der Waals surface area contributed by atoms with Gasteiger partial charge in [0.15, 0.2) is 0 Å². The standard InChI is InChI=1S/C15H21BrN2O2/c1-10-4-2-3-7-15(10,9-17)18-14(20)12-8-11(16)5-6-13(12)19/h5-6,8,10,19H,2-4,7,9,17H2,1H3,(H,18,20). The Morgan fingerprint density at radius 1 is 1.55 bits per heavy atom. The zero-order valence-corrected chi connectivity index (χ0v) is 13.2. The van der Waals surface area contributed by atoms with Crippen LogP contribution < -0.4 is 11.1 Å². The first-order valence-corrected chi connectivity index (χ1v) is 7.79. The summed E-state index contributed by atoms with van der Waals surface area (Å²) in [6.45, 7) is 2.56. The van der Waals surface area contributed by atoms with E-state index >= 15 is 0 Å². The maximum atomic E-state index is 12.4. The van der Waals surface area contributed by atoms with Gasteiger partial charge in [-0.25, -0.2) is 0 Å². The van der Waals surface area contributed by atoms with Gasteiger partial charge < -0.3 is 16.2 Å². The first kappa shape index (κ1) is 15.3. The van der Waals surface area contributed by atoms with Crippen LogP contribution in [0.3, 0.4) is 0 Å². The largest absolute Gasteiger partial charge is 0.507 e. The Balaban J connectivity index is 2.23. The number of halogens is 1. The third kappa shape index (κ3) is 2.99. The van der Waals surface area contributed by atoms with E-state index in [0.29, 0.717) is 12.5 Å². The lowest BCUT2D eigenvalue weighted by Crippen LogP contribution is -2.59. The molecule has 0 aromatic heterocycles. The summed E-state index contributed by atoms with van der Waals surface area (Å²) >= 11 is 3.32. The molecule has 1 aromatic rings. The van der Waals surface area contributed by atoms with Crippen LogP contribution >= 0.6 is 15.9 Å². The molecule has 1 amide bonds. The van der Waals surface area contributed by atoms with Crippen LogP contribution in [-0.4, -0.2) is 23.1 Å². The summed E-state index contributed by atoms with van der Waals surface area (Å²) in [5, 5.41) is 12.9. The molecule has 1 aliphatic carbocycles. The first-order chi connectivity index (χ1) is 9.48. The van der Waals surface area contributed by atoms with Crippen molar-refractivity contribution in [2.24, 2.45) is 11.7 Å². The number of aromatic hydroxyl groups is 1. The average Bonchev–Trinajstić information content (AvgIpc) is 2.44. The van der Waals surface area contributed by atoms with Crippen LogP contribution in [0.2, 0.25) is 0 Å². The SMILES string of the molecule is CC1CCCCC1(CN)NC(=O)c1cc(Br)ccc1O. The summed E-state index contributed by atoms with van der Waals surface area (Å²) in [5.41, 5.74) is 5.86. The Labute approximate surface area is 127 Å². The number of carbonyl (C=O) groups excluding carboxylic acids is 1. The van der Waals surface area contributed by atoms with E-state index in [2.05, 4.69) is 28.2 Å². The second-order valence-corrected chi connectivity index (χ2v) is 6.54. The molecule has 1 fully saturated rings. The number of hydrogen-bond acceptors (Lipinski definition) is 3. The van der Waals surface area contributed by atoms with Crippen molar-refractivity contribution >= 4 is 21.8 Å². The molecule has 1 saturated carbocycles. The highest BCUT2D eigenvalue weighted by atomic mass is 79.9. The summed E-state index contributed by atoms with van der Waals surface area (Å²) < 4.78 is 0.763. The fraction of sp³-hybridized carbons (Fsp3) is 0.533. The lowest BCUT2D eigenvalue weighted by atomic mass is 9.73. The van der Waals surface area contributed by atoms with Gasteiger partial charge in [-0.1, -0.05) is 35.7 Å². The molecule has 4 N–H and O–H groups in total. The number of carbonyl (C=O) groups is 1. The molecule has 2 atom stereocenters. The van der Waals surface area contributed by atoms with Gasteiger partial charge >= 0.3 is 0 Å². The normalized spacial score (nSPS) is 26.2. The van der Waals surface area contributed by atoms with Crippen LogP contribution in [0.4, 0.5) is 0 Å². The number of nitrogens with one attached hydrogen (secondary N) is 1. The van der Waals surface area contributed by atoms with E-state index in [1.165, 1.54) is 12.5 Å². The second kappa shape index (κ2) is 6.14. The third-order valence-corrected chi connectivity index (χ3v) is 4.88. The minimum atomic E-state index is -0.357. The Kier molecular flexibility index (Phi) is 4.70. The maximum Gasteiger partial charge on any atom is 0.255 e. The highest BCUT2D eigenvalue weighted by molar-refractivity contribution is 9.10. The minimum absolute atomic E-state index is 0.0127. The molecule has 0 bridgehead atoms. The van der Waals surface area contributed by atoms with Gasteiger partial charge in [-0.3, -0.25) is 4.79 Å². The van der Waals surface area contributed by atoms with Gasteiger partial charge in [0.05, 0.1) is 11.1 Å². The Hall–Kier alpha value is -1.07. The summed E-state index contributed by atoms with van der Waals surface area (Å²) in [6.07, 6.45) is 4.22. The summed E-state index contributed by atoms with van der Waals surface area (Å²) in [5.74, 6) is 0.0730. The van der Waals surface area contributed by atoms with Crippen LogP contribution in [0.25, 0.3) is 0 Å². The molecule has 110 valence electrons. The molecule has 1 aromatic carbocycles. The Morgan fingerprint density at radius 2 is 2.30 bits per heavy atom. The van der Waals surface area contributed by atoms with E-state index in [1.807, 2.05) is 0 Å². The maximum absolute atomic E-state index is 12.4. The number of phenolic OH excluding ortho intramolecular Hbond substituents is 1. The highest BCUT2D eigenvalue weighted by Crippen LogP contribution is 2.33. The fourth-order valence-corrected chi connectivity index (χ4v) is 3.30. The zero-order valence-electron chi connectivity index (χ0n) is 11.7. The number of nitrogens with two attached hydrogens (primary N) is 1. The summed E-state index contributed by atoms with van der Waals surface area (Å²) in [6, 6.07) is 4.84. The Morgan fingerprint density at radius 3 is 2.95 bits per heavy atom. The molecule has 0 spiro atoms. The number of phenols is 1. The van der Waals surface area contributed by atoms with Gasteiger partial charge in [-0.2, -0.15) is 0 Å². The van der Waals surface area contributed by atoms with Gasteiger partial charge in [0.1, 0.15) is 5.75 Å². The monoisotopic (exact) mass is 340 g/mol. The molecular weight excluding hydrogens is 320 g/mol. The van der Waals surface area contributed by atoms with Crippen molar-refractivity contribution in [2.75, 3.05) is 6.54 Å². The number of benzene rings is 1. The van der Waals surface area contributed by atoms with Crippen molar-refractivity contribution in [3.8, 4) is 5.75 Å². The van der Waals surface area contributed by atoms with Crippen molar-refractivity contribution in [1.29, 1.82) is 0 Å². The molecular formula is C15H21BrN2O2. The van der Waals surface area contributed by atoms with E-state index in [1.54, 1.807) is 12.1 Å². The molecule has 20 heavy (non-hydrogen) atoms. The van der Waals surface area contributed by atoms with Crippen molar-refractivity contribution in [1.82, 2.24) is 5.32 Å². The number of rotatable bonds is 3. The van der Waals surface area contributed by atoms with Crippen molar-refractivity contribution in [3.63, 3.8) is 0 Å². The van der Waals surface area contributed by atoms with E-state index in [-0.39, 0.29) is 22.8 Å². The van der Waals surface area contributed by atoms with Gasteiger partial charge in [0, 0.05) is 11.0 Å². The molecule has 0 radical (unpaired) electrons. The summed E-state index contributed by atoms with van der Waals surface area (Å²) in [7, 11) is 0. The molecule has 2 rings (SSSR count). The predicted molar refractivity (Wildman–Crippen MR) is 82.7 cm³/mol. The van der Waals surface area contributed by atoms with Crippen LogP contribution in [0.15, 0.2) is 22.7 Å². The van der Waals surface area contributed by atoms with Crippen LogP contribution in [0, 0.1) is 5.92 Å². The summed E-state index contributed by atoms with van der Waals surface area (Å²) in [4.78, 5) is 12.4. The predicted octanol–water partition coefficient (Wildman–Crippen LogP) is 2.79.